The quantitative estimate of drug-likeness (QED) is 0.308. The smallest absolute Gasteiger partial charge is 0.302 e. The summed E-state index contributed by atoms with van der Waals surface area (Å²) >= 11 is 0. The van der Waals surface area contributed by atoms with Crippen LogP contribution in [0.1, 0.15) is 87.0 Å². The summed E-state index contributed by atoms with van der Waals surface area (Å²) in [5.41, 5.74) is 4.11. The highest BCUT2D eigenvalue weighted by molar-refractivity contribution is 5.66. The maximum Gasteiger partial charge on any atom is 0.302 e. The first kappa shape index (κ1) is 22.7. The summed E-state index contributed by atoms with van der Waals surface area (Å²) in [4.78, 5) is 11.4. The zero-order valence-electron chi connectivity index (χ0n) is 16.9. The molecule has 0 bridgehead atoms. The van der Waals surface area contributed by atoms with E-state index < -0.39 is 0 Å². The maximum atomic E-state index is 11.4. The molecule has 0 aliphatic carbocycles. The van der Waals surface area contributed by atoms with Crippen molar-refractivity contribution in [1.82, 2.24) is 0 Å². The Morgan fingerprint density at radius 1 is 0.917 bits per heavy atom. The van der Waals surface area contributed by atoms with Gasteiger partial charge in [-0.25, -0.2) is 0 Å². The second kappa shape index (κ2) is 13.0. The summed E-state index contributed by atoms with van der Waals surface area (Å²) in [7, 11) is 0. The molecule has 2 atom stereocenters. The largest absolute Gasteiger partial charge is 0.462 e. The number of ether oxygens (including phenoxy) is 1. The Labute approximate surface area is 150 Å². The van der Waals surface area contributed by atoms with Crippen LogP contribution in [0.15, 0.2) is 34.9 Å². The Bertz CT molecular complexity index is 447. The molecule has 2 heteroatoms. The number of allylic oxidation sites excluding steroid dienone is 5. The van der Waals surface area contributed by atoms with Gasteiger partial charge in [0, 0.05) is 13.3 Å². The lowest BCUT2D eigenvalue weighted by atomic mass is 9.95. The number of rotatable bonds is 11. The van der Waals surface area contributed by atoms with Crippen molar-refractivity contribution in [3.63, 3.8) is 0 Å². The van der Waals surface area contributed by atoms with Gasteiger partial charge in [0.25, 0.3) is 0 Å². The molecular weight excluding hydrogens is 296 g/mol. The number of carbonyl (C=O) groups excluding carboxylic acids is 1. The minimum atomic E-state index is -0.174. The minimum absolute atomic E-state index is 0.00241. The van der Waals surface area contributed by atoms with Gasteiger partial charge in [0.05, 0.1) is 0 Å². The molecule has 0 heterocycles. The summed E-state index contributed by atoms with van der Waals surface area (Å²) < 4.78 is 5.53. The van der Waals surface area contributed by atoms with E-state index in [0.29, 0.717) is 5.92 Å². The monoisotopic (exact) mass is 334 g/mol. The Kier molecular flexibility index (Phi) is 12.3. The van der Waals surface area contributed by atoms with Gasteiger partial charge in [-0.3, -0.25) is 4.79 Å². The average Bonchev–Trinajstić information content (AvgIpc) is 2.43. The Morgan fingerprint density at radius 2 is 1.50 bits per heavy atom. The topological polar surface area (TPSA) is 26.3 Å². The van der Waals surface area contributed by atoms with Crippen molar-refractivity contribution in [3.8, 4) is 0 Å². The molecule has 0 saturated heterocycles. The highest BCUT2D eigenvalue weighted by Gasteiger charge is 2.15. The van der Waals surface area contributed by atoms with Crippen LogP contribution in [0.25, 0.3) is 0 Å². The highest BCUT2D eigenvalue weighted by Crippen LogP contribution is 2.20. The van der Waals surface area contributed by atoms with Crippen molar-refractivity contribution < 1.29 is 9.53 Å². The molecule has 0 spiro atoms. The van der Waals surface area contributed by atoms with Crippen LogP contribution in [0.4, 0.5) is 0 Å². The fourth-order valence-corrected chi connectivity index (χ4v) is 2.67. The molecule has 0 fully saturated rings. The van der Waals surface area contributed by atoms with Crippen LogP contribution in [0, 0.1) is 5.92 Å². The Morgan fingerprint density at radius 3 is 2.04 bits per heavy atom. The second-order valence-corrected chi connectivity index (χ2v) is 7.54. The lowest BCUT2D eigenvalue weighted by Crippen LogP contribution is -2.19. The van der Waals surface area contributed by atoms with Crippen LogP contribution < -0.4 is 0 Å². The summed E-state index contributed by atoms with van der Waals surface area (Å²) in [5.74, 6) is 0.386. The van der Waals surface area contributed by atoms with Gasteiger partial charge in [-0.1, -0.05) is 41.9 Å². The zero-order valence-corrected chi connectivity index (χ0v) is 16.9. The molecule has 0 aromatic carbocycles. The second-order valence-electron chi connectivity index (χ2n) is 7.54. The third-order valence-corrected chi connectivity index (χ3v) is 4.03. The summed E-state index contributed by atoms with van der Waals surface area (Å²) in [5, 5.41) is 0. The third kappa shape index (κ3) is 14.3. The molecule has 0 aromatic heterocycles. The first-order valence-electron chi connectivity index (χ1n) is 9.30. The van der Waals surface area contributed by atoms with E-state index in [1.165, 1.54) is 23.6 Å². The molecule has 0 N–H and O–H groups in total. The van der Waals surface area contributed by atoms with E-state index >= 15 is 0 Å². The van der Waals surface area contributed by atoms with Crippen LogP contribution in [-0.2, 0) is 9.53 Å². The number of hydrogen-bond donors (Lipinski definition) is 0. The molecule has 0 saturated carbocycles. The predicted octanol–water partition coefficient (Wildman–Crippen LogP) is 6.77. The van der Waals surface area contributed by atoms with Crippen LogP contribution in [0.5, 0.6) is 0 Å². The number of carbonyl (C=O) groups is 1. The molecule has 0 aliphatic rings. The van der Waals surface area contributed by atoms with Gasteiger partial charge in [0.15, 0.2) is 0 Å². The first-order valence-corrected chi connectivity index (χ1v) is 9.30. The highest BCUT2D eigenvalue weighted by atomic mass is 16.5. The van der Waals surface area contributed by atoms with Crippen LogP contribution >= 0.6 is 0 Å². The third-order valence-electron chi connectivity index (χ3n) is 4.03. The maximum absolute atomic E-state index is 11.4. The van der Waals surface area contributed by atoms with Gasteiger partial charge in [-0.05, 0) is 72.6 Å². The summed E-state index contributed by atoms with van der Waals surface area (Å²) in [6.45, 7) is 14.5. The molecule has 24 heavy (non-hydrogen) atoms. The van der Waals surface area contributed by atoms with Gasteiger partial charge in [-0.15, -0.1) is 0 Å². The van der Waals surface area contributed by atoms with Crippen molar-refractivity contribution in [2.24, 2.45) is 5.92 Å². The van der Waals surface area contributed by atoms with E-state index in [1.807, 2.05) is 0 Å². The van der Waals surface area contributed by atoms with Crippen LogP contribution in [0.2, 0.25) is 0 Å². The Hall–Kier alpha value is -1.31. The first-order chi connectivity index (χ1) is 11.2. The predicted molar refractivity (Wildman–Crippen MR) is 105 cm³/mol. The van der Waals surface area contributed by atoms with Crippen molar-refractivity contribution in [2.45, 2.75) is 93.1 Å². The molecule has 2 unspecified atom stereocenters. The molecule has 0 rings (SSSR count). The normalized spacial score (nSPS) is 13.9. The van der Waals surface area contributed by atoms with E-state index in [-0.39, 0.29) is 12.1 Å². The zero-order chi connectivity index (χ0) is 18.5. The van der Waals surface area contributed by atoms with Crippen LogP contribution in [-0.4, -0.2) is 12.1 Å². The lowest BCUT2D eigenvalue weighted by Gasteiger charge is -2.20. The summed E-state index contributed by atoms with van der Waals surface area (Å²) in [6, 6.07) is 0. The van der Waals surface area contributed by atoms with Crippen molar-refractivity contribution in [3.05, 3.63) is 34.9 Å². The average molecular weight is 335 g/mol. The fraction of sp³-hybridized carbons (Fsp3) is 0.682. The van der Waals surface area contributed by atoms with E-state index in [0.717, 1.165) is 38.5 Å². The number of esters is 1. The van der Waals surface area contributed by atoms with E-state index in [2.05, 4.69) is 59.8 Å². The number of hydrogen-bond acceptors (Lipinski definition) is 2. The molecule has 138 valence electrons. The molecule has 2 nitrogen and oxygen atoms in total. The lowest BCUT2D eigenvalue weighted by molar-refractivity contribution is -0.146. The molecule has 0 radical (unpaired) electrons. The molecular formula is C22H38O2. The summed E-state index contributed by atoms with van der Waals surface area (Å²) in [6.07, 6.45) is 13.0. The van der Waals surface area contributed by atoms with Crippen molar-refractivity contribution in [1.29, 1.82) is 0 Å². The van der Waals surface area contributed by atoms with Gasteiger partial charge in [-0.2, -0.15) is 0 Å². The van der Waals surface area contributed by atoms with Gasteiger partial charge in [0.1, 0.15) is 6.10 Å². The molecule has 0 amide bonds. The van der Waals surface area contributed by atoms with Crippen LogP contribution in [0.3, 0.4) is 0 Å². The SMILES string of the molecule is CC(=O)OC(C/C=C(\C)CCC=C(C)C)CC(C)CCC=C(C)C. The standard InChI is InChI=1S/C22H38O2/c1-17(2)10-8-12-19(5)14-15-22(24-21(7)23)16-20(6)13-9-11-18(3)4/h10-11,14,20,22H,8-9,12-13,15-16H2,1-7H3/b19-14+. The van der Waals surface area contributed by atoms with Crippen molar-refractivity contribution >= 4 is 5.97 Å². The minimum Gasteiger partial charge on any atom is -0.462 e. The van der Waals surface area contributed by atoms with E-state index in [9.17, 15) is 4.79 Å². The van der Waals surface area contributed by atoms with Crippen molar-refractivity contribution in [2.75, 3.05) is 0 Å². The van der Waals surface area contributed by atoms with E-state index in [4.69, 9.17) is 4.74 Å². The van der Waals surface area contributed by atoms with Gasteiger partial charge < -0.3 is 4.74 Å². The molecule has 0 aromatic rings. The van der Waals surface area contributed by atoms with E-state index in [1.54, 1.807) is 0 Å². The Balaban J connectivity index is 4.46. The van der Waals surface area contributed by atoms with Gasteiger partial charge >= 0.3 is 5.97 Å². The van der Waals surface area contributed by atoms with Gasteiger partial charge in [0.2, 0.25) is 0 Å². The molecule has 0 aliphatic heterocycles. The fourth-order valence-electron chi connectivity index (χ4n) is 2.67.